The summed E-state index contributed by atoms with van der Waals surface area (Å²) in [5.41, 5.74) is 2.61. The Kier molecular flexibility index (Phi) is 6.71. The first kappa shape index (κ1) is 24.8. The normalized spacial score (nSPS) is 16.6. The number of nitrogens with zero attached hydrogens (tertiary/aromatic N) is 3. The van der Waals surface area contributed by atoms with E-state index in [0.29, 0.717) is 23.5 Å². The molecule has 190 valence electrons. The number of ketones is 1. The molecule has 1 aromatic heterocycles. The summed E-state index contributed by atoms with van der Waals surface area (Å²) in [4.78, 5) is 42.2. The van der Waals surface area contributed by atoms with Gasteiger partial charge in [-0.05, 0) is 54.4 Å². The van der Waals surface area contributed by atoms with Crippen molar-refractivity contribution in [1.29, 1.82) is 0 Å². The molecule has 2 heterocycles. The van der Waals surface area contributed by atoms with Gasteiger partial charge < -0.3 is 9.84 Å². The molecule has 1 N–H and O–H groups in total. The molecule has 1 aliphatic rings. The third-order valence-electron chi connectivity index (χ3n) is 6.11. The molecule has 10 heteroatoms. The predicted molar refractivity (Wildman–Crippen MR) is 142 cm³/mol. The lowest BCUT2D eigenvalue weighted by molar-refractivity contribution is -0.384. The molecule has 1 atom stereocenters. The minimum Gasteiger partial charge on any atom is -0.507 e. The van der Waals surface area contributed by atoms with Crippen LogP contribution in [0.3, 0.4) is 0 Å². The van der Waals surface area contributed by atoms with E-state index in [9.17, 15) is 24.8 Å². The molecule has 0 aliphatic carbocycles. The fraction of sp³-hybridized carbons (Fsp3) is 0.107. The summed E-state index contributed by atoms with van der Waals surface area (Å²) in [6.07, 6.45) is 1.50. The molecule has 4 aromatic rings. The quantitative estimate of drug-likeness (QED) is 0.110. The minimum absolute atomic E-state index is 0.132. The Morgan fingerprint density at radius 3 is 2.47 bits per heavy atom. The molecule has 0 saturated carbocycles. The van der Waals surface area contributed by atoms with E-state index in [0.717, 1.165) is 22.5 Å². The number of hydrogen-bond donors (Lipinski definition) is 1. The molecule has 9 nitrogen and oxygen atoms in total. The highest BCUT2D eigenvalue weighted by Crippen LogP contribution is 2.43. The first-order chi connectivity index (χ1) is 18.3. The van der Waals surface area contributed by atoms with Gasteiger partial charge in [-0.15, -0.1) is 11.3 Å². The molecule has 1 fully saturated rings. The van der Waals surface area contributed by atoms with Gasteiger partial charge in [-0.1, -0.05) is 29.8 Å². The number of ether oxygens (including phenoxy) is 1. The Bertz CT molecular complexity index is 1550. The Balaban J connectivity index is 1.50. The van der Waals surface area contributed by atoms with E-state index in [-0.39, 0.29) is 22.2 Å². The average Bonchev–Trinajstić information content (AvgIpc) is 3.54. The number of hydrogen-bond acceptors (Lipinski definition) is 8. The number of aliphatic hydroxyl groups excluding tert-OH is 1. The summed E-state index contributed by atoms with van der Waals surface area (Å²) in [6, 6.07) is 19.0. The molecular weight excluding hydrogens is 506 g/mol. The maximum atomic E-state index is 13.2. The molecule has 1 aliphatic heterocycles. The lowest BCUT2D eigenvalue weighted by Gasteiger charge is -2.22. The van der Waals surface area contributed by atoms with Crippen molar-refractivity contribution in [2.75, 3.05) is 4.90 Å². The first-order valence-electron chi connectivity index (χ1n) is 11.6. The van der Waals surface area contributed by atoms with E-state index in [4.69, 9.17) is 4.74 Å². The molecule has 1 amide bonds. The van der Waals surface area contributed by atoms with Crippen LogP contribution in [-0.4, -0.2) is 26.7 Å². The highest BCUT2D eigenvalue weighted by atomic mass is 32.1. The van der Waals surface area contributed by atoms with Crippen LogP contribution in [0, 0.1) is 17.0 Å². The fourth-order valence-corrected chi connectivity index (χ4v) is 4.96. The SMILES string of the molecule is Cc1cccc(COc2ccc(C(O)=C3C(=O)C(=O)N(c4nccs4)[C@@H]3c3ccc([N+](=O)[O-])cc3)cc2)c1. The number of non-ortho nitro benzene ring substituents is 1. The number of anilines is 1. The topological polar surface area (TPSA) is 123 Å². The lowest BCUT2D eigenvalue weighted by atomic mass is 9.95. The summed E-state index contributed by atoms with van der Waals surface area (Å²) in [6.45, 7) is 2.37. The number of rotatable bonds is 7. The van der Waals surface area contributed by atoms with Crippen LogP contribution in [0.2, 0.25) is 0 Å². The van der Waals surface area contributed by atoms with E-state index in [2.05, 4.69) is 4.98 Å². The molecule has 1 saturated heterocycles. The molecule has 5 rings (SSSR count). The van der Waals surface area contributed by atoms with Gasteiger partial charge in [0.25, 0.3) is 11.5 Å². The molecule has 3 aromatic carbocycles. The van der Waals surface area contributed by atoms with Crippen molar-refractivity contribution < 1.29 is 24.4 Å². The summed E-state index contributed by atoms with van der Waals surface area (Å²) in [5.74, 6) is -1.52. The van der Waals surface area contributed by atoms with Crippen LogP contribution in [0.5, 0.6) is 5.75 Å². The zero-order valence-electron chi connectivity index (χ0n) is 20.1. The van der Waals surface area contributed by atoms with E-state index >= 15 is 0 Å². The fourth-order valence-electron chi connectivity index (χ4n) is 4.29. The Morgan fingerprint density at radius 2 is 1.84 bits per heavy atom. The largest absolute Gasteiger partial charge is 0.507 e. The minimum atomic E-state index is -1.01. The molecular formula is C28H21N3O6S. The van der Waals surface area contributed by atoms with Crippen LogP contribution < -0.4 is 9.64 Å². The van der Waals surface area contributed by atoms with Gasteiger partial charge in [-0.2, -0.15) is 0 Å². The summed E-state index contributed by atoms with van der Waals surface area (Å²) in [5, 5.41) is 24.3. The third kappa shape index (κ3) is 4.76. The number of nitro groups is 1. The predicted octanol–water partition coefficient (Wildman–Crippen LogP) is 5.57. The number of amides is 1. The molecule has 0 radical (unpaired) electrons. The second kappa shape index (κ2) is 10.3. The molecule has 38 heavy (non-hydrogen) atoms. The smallest absolute Gasteiger partial charge is 0.301 e. The van der Waals surface area contributed by atoms with E-state index < -0.39 is 22.7 Å². The van der Waals surface area contributed by atoms with Gasteiger partial charge >= 0.3 is 5.91 Å². The lowest BCUT2D eigenvalue weighted by Crippen LogP contribution is -2.29. The van der Waals surface area contributed by atoms with Crippen LogP contribution in [0.4, 0.5) is 10.8 Å². The van der Waals surface area contributed by atoms with E-state index in [1.54, 1.807) is 29.6 Å². The number of aliphatic hydroxyl groups is 1. The van der Waals surface area contributed by atoms with E-state index in [1.807, 2.05) is 31.2 Å². The number of nitro benzene ring substituents is 1. The number of carbonyl (C=O) groups excluding carboxylic acids is 2. The van der Waals surface area contributed by atoms with Crippen molar-refractivity contribution in [3.63, 3.8) is 0 Å². The number of aromatic nitrogens is 1. The van der Waals surface area contributed by atoms with Gasteiger partial charge in [0, 0.05) is 29.3 Å². The van der Waals surface area contributed by atoms with Gasteiger partial charge in [0.2, 0.25) is 0 Å². The van der Waals surface area contributed by atoms with Gasteiger partial charge in [-0.3, -0.25) is 24.6 Å². The Hall–Kier alpha value is -4.83. The second-order valence-corrected chi connectivity index (χ2v) is 9.51. The van der Waals surface area contributed by atoms with Gasteiger partial charge in [0.05, 0.1) is 16.5 Å². The zero-order valence-corrected chi connectivity index (χ0v) is 20.9. The molecule has 0 bridgehead atoms. The third-order valence-corrected chi connectivity index (χ3v) is 6.88. The van der Waals surface area contributed by atoms with Crippen LogP contribution in [0.25, 0.3) is 5.76 Å². The van der Waals surface area contributed by atoms with Crippen molar-refractivity contribution in [3.05, 3.63) is 122 Å². The Morgan fingerprint density at radius 1 is 1.11 bits per heavy atom. The zero-order chi connectivity index (χ0) is 26.8. The maximum absolute atomic E-state index is 13.2. The van der Waals surface area contributed by atoms with Crippen LogP contribution in [0.15, 0.2) is 89.9 Å². The van der Waals surface area contributed by atoms with Crippen molar-refractivity contribution in [3.8, 4) is 5.75 Å². The highest BCUT2D eigenvalue weighted by molar-refractivity contribution is 7.14. The standard InChI is InChI=1S/C28H21N3O6S/c1-17-3-2-4-18(15-17)16-37-22-11-7-20(8-12-22)25(32)23-24(19-5-9-21(10-6-19)31(35)36)30(27(34)26(23)33)28-29-13-14-38-28/h2-15,24,32H,16H2,1H3/t24-/m1/s1. The number of Topliss-reactive ketones (excluding diaryl/α,β-unsaturated/α-hetero) is 1. The monoisotopic (exact) mass is 527 g/mol. The van der Waals surface area contributed by atoms with Crippen LogP contribution in [0.1, 0.15) is 28.3 Å². The van der Waals surface area contributed by atoms with Gasteiger partial charge in [0.1, 0.15) is 18.1 Å². The molecule has 0 unspecified atom stereocenters. The summed E-state index contributed by atoms with van der Waals surface area (Å²) in [7, 11) is 0. The second-order valence-electron chi connectivity index (χ2n) is 8.63. The highest BCUT2D eigenvalue weighted by Gasteiger charge is 2.48. The van der Waals surface area contributed by atoms with Crippen molar-refractivity contribution in [2.45, 2.75) is 19.6 Å². The van der Waals surface area contributed by atoms with Crippen LogP contribution >= 0.6 is 11.3 Å². The summed E-state index contributed by atoms with van der Waals surface area (Å²) >= 11 is 1.16. The summed E-state index contributed by atoms with van der Waals surface area (Å²) < 4.78 is 5.84. The number of benzene rings is 3. The number of aryl methyl sites for hydroxylation is 1. The Labute approximate surface area is 221 Å². The van der Waals surface area contributed by atoms with E-state index in [1.165, 1.54) is 35.4 Å². The first-order valence-corrected chi connectivity index (χ1v) is 12.4. The molecule has 0 spiro atoms. The van der Waals surface area contributed by atoms with Gasteiger partial charge in [-0.25, -0.2) is 4.98 Å². The number of carbonyl (C=O) groups is 2. The number of thiazole rings is 1. The average molecular weight is 528 g/mol. The van der Waals surface area contributed by atoms with Crippen molar-refractivity contribution >= 4 is 39.6 Å². The maximum Gasteiger partial charge on any atom is 0.301 e. The van der Waals surface area contributed by atoms with Gasteiger partial charge in [0.15, 0.2) is 5.13 Å². The van der Waals surface area contributed by atoms with Crippen molar-refractivity contribution in [1.82, 2.24) is 4.98 Å². The van der Waals surface area contributed by atoms with Crippen molar-refractivity contribution in [2.24, 2.45) is 0 Å². The van der Waals surface area contributed by atoms with Crippen LogP contribution in [-0.2, 0) is 16.2 Å².